The molecule has 1 N–H and O–H groups in total. The van der Waals surface area contributed by atoms with Crippen LogP contribution in [0.3, 0.4) is 0 Å². The van der Waals surface area contributed by atoms with Gasteiger partial charge >= 0.3 is 103 Å². The summed E-state index contributed by atoms with van der Waals surface area (Å²) in [6, 6.07) is 19.3. The van der Waals surface area contributed by atoms with Crippen molar-refractivity contribution in [3.8, 4) is 22.5 Å². The van der Waals surface area contributed by atoms with Gasteiger partial charge in [-0.15, -0.1) is 6.07 Å². The average molecular weight is 409 g/mol. The molecule has 0 unspecified atom stereocenters. The van der Waals surface area contributed by atoms with Gasteiger partial charge in [0, 0.05) is 22.8 Å². The summed E-state index contributed by atoms with van der Waals surface area (Å²) in [5, 5.41) is 12.3. The quantitative estimate of drug-likeness (QED) is 0.195. The first kappa shape index (κ1) is 24.9. The molecule has 4 rings (SSSR count). The average Bonchev–Trinajstić information content (AvgIpc) is 2.59. The molecule has 0 bridgehead atoms. The molecular weight excluding hydrogens is 398 g/mol. The maximum Gasteiger partial charge on any atom is 1.00 e. The van der Waals surface area contributed by atoms with Gasteiger partial charge in [0.25, 0.3) is 0 Å². The van der Waals surface area contributed by atoms with Crippen molar-refractivity contribution in [1.29, 1.82) is 0 Å². The van der Waals surface area contributed by atoms with E-state index in [1.165, 1.54) is 18.2 Å². The summed E-state index contributed by atoms with van der Waals surface area (Å²) in [6.07, 6.45) is 0. The van der Waals surface area contributed by atoms with Crippen molar-refractivity contribution in [2.45, 2.75) is 0 Å². The number of hydrogen-bond acceptors (Lipinski definition) is 5. The van der Waals surface area contributed by atoms with E-state index in [-0.39, 0.29) is 119 Å². The van der Waals surface area contributed by atoms with E-state index in [1.54, 1.807) is 36.4 Å². The fourth-order valence-corrected chi connectivity index (χ4v) is 2.93. The van der Waals surface area contributed by atoms with Gasteiger partial charge in [0.15, 0.2) is 5.43 Å². The molecule has 0 spiro atoms. The molecule has 124 valence electrons. The number of carbonyl (C=O) groups excluding carboxylic acids is 1. The molecule has 0 saturated heterocycles. The molecule has 0 fully saturated rings. The standard InChI is InChI=1S/C20H11O4.2K.H2O/c21-12-9-10-16-18(11-12)24-17-8-4-3-7-15(17)19(16)13-5-1-2-6-14(13)20(22)23;;;/h1-3,5-11H,(H,22,23);;;1H2/q-1;2*+1;/p-2. The second-order valence-corrected chi connectivity index (χ2v) is 5.39. The van der Waals surface area contributed by atoms with Crippen LogP contribution in [-0.4, -0.2) is 11.4 Å². The van der Waals surface area contributed by atoms with Crippen LogP contribution >= 0.6 is 0 Å². The number of carbonyl (C=O) groups is 1. The SMILES string of the molecule is O=C([O-])c1ccccc1-c1c2ccc(=O)cc-2oc2c[c-]ccc12.[K+].[K+].[OH-]. The molecular formula is C20H11K2O5-. The van der Waals surface area contributed by atoms with E-state index in [9.17, 15) is 14.7 Å². The predicted octanol–water partition coefficient (Wildman–Crippen LogP) is -3.44. The van der Waals surface area contributed by atoms with Crippen molar-refractivity contribution in [2.75, 3.05) is 0 Å². The summed E-state index contributed by atoms with van der Waals surface area (Å²) >= 11 is 0. The molecule has 2 aromatic carbocycles. The molecule has 5 nitrogen and oxygen atoms in total. The first-order valence-corrected chi connectivity index (χ1v) is 7.32. The van der Waals surface area contributed by atoms with Crippen LogP contribution in [0.1, 0.15) is 10.4 Å². The summed E-state index contributed by atoms with van der Waals surface area (Å²) in [6.45, 7) is 0. The summed E-state index contributed by atoms with van der Waals surface area (Å²) in [7, 11) is 0. The van der Waals surface area contributed by atoms with Crippen molar-refractivity contribution in [1.82, 2.24) is 0 Å². The van der Waals surface area contributed by atoms with E-state index in [1.807, 2.05) is 6.07 Å². The van der Waals surface area contributed by atoms with E-state index < -0.39 is 5.97 Å². The maximum atomic E-state index is 11.7. The Kier molecular flexibility index (Phi) is 9.73. The number of benzene rings is 3. The Balaban J connectivity index is 0.00000121. The third-order valence-corrected chi connectivity index (χ3v) is 3.95. The van der Waals surface area contributed by atoms with Gasteiger partial charge in [0.2, 0.25) is 0 Å². The van der Waals surface area contributed by atoms with Gasteiger partial charge < -0.3 is 19.8 Å². The van der Waals surface area contributed by atoms with Crippen molar-refractivity contribution in [2.24, 2.45) is 0 Å². The van der Waals surface area contributed by atoms with Crippen LogP contribution in [0.5, 0.6) is 0 Å². The Bertz CT molecular complexity index is 1120. The molecule has 1 aliphatic carbocycles. The minimum Gasteiger partial charge on any atom is -0.870 e. The van der Waals surface area contributed by atoms with Crippen LogP contribution in [0.25, 0.3) is 33.4 Å². The van der Waals surface area contributed by atoms with E-state index >= 15 is 0 Å². The smallest absolute Gasteiger partial charge is 0.870 e. The fourth-order valence-electron chi connectivity index (χ4n) is 2.93. The second-order valence-electron chi connectivity index (χ2n) is 5.39. The molecule has 2 aliphatic rings. The van der Waals surface area contributed by atoms with Gasteiger partial charge in [0.05, 0.1) is 5.97 Å². The zero-order valence-electron chi connectivity index (χ0n) is 14.9. The van der Waals surface area contributed by atoms with E-state index in [2.05, 4.69) is 6.07 Å². The molecule has 2 aromatic rings. The van der Waals surface area contributed by atoms with E-state index in [0.717, 1.165) is 5.39 Å². The van der Waals surface area contributed by atoms with Crippen molar-refractivity contribution in [3.63, 3.8) is 0 Å². The molecule has 27 heavy (non-hydrogen) atoms. The van der Waals surface area contributed by atoms with Gasteiger partial charge in [-0.2, -0.15) is 18.2 Å². The van der Waals surface area contributed by atoms with Gasteiger partial charge in [0.1, 0.15) is 5.76 Å². The van der Waals surface area contributed by atoms with Crippen molar-refractivity contribution >= 4 is 16.9 Å². The number of rotatable bonds is 2. The van der Waals surface area contributed by atoms with Crippen LogP contribution in [0, 0.1) is 6.07 Å². The van der Waals surface area contributed by atoms with Crippen LogP contribution in [-0.2, 0) is 0 Å². The number of carboxylic acids is 1. The molecule has 1 heterocycles. The number of aromatic carboxylic acids is 1. The Morgan fingerprint density at radius 1 is 1.00 bits per heavy atom. The molecule has 0 atom stereocenters. The number of carboxylic acid groups (broad SMARTS) is 1. The third kappa shape index (κ3) is 4.88. The minimum absolute atomic E-state index is 0. The topological polar surface area (TPSA) is 100 Å². The molecule has 0 aromatic heterocycles. The van der Waals surface area contributed by atoms with Crippen LogP contribution in [0.15, 0.2) is 69.9 Å². The molecule has 0 radical (unpaired) electrons. The monoisotopic (exact) mass is 409 g/mol. The molecule has 0 saturated carbocycles. The van der Waals surface area contributed by atoms with Gasteiger partial charge in [-0.25, -0.2) is 0 Å². The first-order chi connectivity index (χ1) is 11.6. The van der Waals surface area contributed by atoms with Gasteiger partial charge in [-0.1, -0.05) is 29.7 Å². The van der Waals surface area contributed by atoms with Crippen LogP contribution in [0.4, 0.5) is 0 Å². The summed E-state index contributed by atoms with van der Waals surface area (Å²) in [5.41, 5.74) is 2.32. The van der Waals surface area contributed by atoms with Crippen LogP contribution < -0.4 is 113 Å². The summed E-state index contributed by atoms with van der Waals surface area (Å²) in [5.74, 6) is -0.853. The Hall–Kier alpha value is -0.167. The second kappa shape index (κ2) is 10.6. The van der Waals surface area contributed by atoms with Crippen molar-refractivity contribution in [3.05, 3.63) is 82.5 Å². The van der Waals surface area contributed by atoms with Gasteiger partial charge in [-0.05, 0) is 23.3 Å². The summed E-state index contributed by atoms with van der Waals surface area (Å²) < 4.78 is 5.80. The number of hydrogen-bond donors (Lipinski definition) is 0. The largest absolute Gasteiger partial charge is 1.00 e. The molecule has 1 aliphatic heterocycles. The van der Waals surface area contributed by atoms with E-state index in [4.69, 9.17) is 4.42 Å². The maximum absolute atomic E-state index is 11.7. The normalized spacial score (nSPS) is 9.78. The Morgan fingerprint density at radius 2 is 1.74 bits per heavy atom. The zero-order valence-corrected chi connectivity index (χ0v) is 21.1. The zero-order chi connectivity index (χ0) is 16.7. The number of fused-ring (bicyclic) bond motifs is 2. The third-order valence-electron chi connectivity index (χ3n) is 3.95. The minimum atomic E-state index is -1.25. The van der Waals surface area contributed by atoms with Gasteiger partial charge in [-0.3, -0.25) is 4.79 Å². The molecule has 0 amide bonds. The van der Waals surface area contributed by atoms with Crippen LogP contribution in [0.2, 0.25) is 0 Å². The summed E-state index contributed by atoms with van der Waals surface area (Å²) in [4.78, 5) is 23.2. The Morgan fingerprint density at radius 3 is 2.48 bits per heavy atom. The Labute approximate surface area is 240 Å². The fraction of sp³-hybridized carbons (Fsp3) is 0. The van der Waals surface area contributed by atoms with Crippen molar-refractivity contribution < 1.29 is 123 Å². The molecule has 7 heteroatoms. The van der Waals surface area contributed by atoms with E-state index in [0.29, 0.717) is 28.0 Å². The first-order valence-electron chi connectivity index (χ1n) is 7.32. The predicted molar refractivity (Wildman–Crippen MR) is 89.6 cm³/mol.